The Balaban J connectivity index is 1.55. The van der Waals surface area contributed by atoms with Crippen molar-refractivity contribution in [3.05, 3.63) is 18.7 Å². The van der Waals surface area contributed by atoms with Crippen molar-refractivity contribution in [1.29, 1.82) is 0 Å². The Kier molecular flexibility index (Phi) is 4.72. The zero-order valence-electron chi connectivity index (χ0n) is 9.93. The number of nitrogens with one attached hydrogen (secondary N) is 1. The molecule has 2 atom stereocenters. The van der Waals surface area contributed by atoms with Crippen molar-refractivity contribution in [1.82, 2.24) is 14.9 Å². The van der Waals surface area contributed by atoms with E-state index in [0.29, 0.717) is 0 Å². The lowest BCUT2D eigenvalue weighted by Crippen LogP contribution is -2.28. The molecule has 0 aliphatic heterocycles. The Morgan fingerprint density at radius 2 is 2.44 bits per heavy atom. The van der Waals surface area contributed by atoms with E-state index in [4.69, 9.17) is 0 Å². The van der Waals surface area contributed by atoms with Gasteiger partial charge in [0.1, 0.15) is 0 Å². The van der Waals surface area contributed by atoms with Crippen LogP contribution in [0.5, 0.6) is 0 Å². The SMILES string of the molecule is CSC1CCC(NCCCn2ccnc2)C1. The van der Waals surface area contributed by atoms with Crippen LogP contribution >= 0.6 is 11.8 Å². The molecule has 1 saturated carbocycles. The van der Waals surface area contributed by atoms with Crippen LogP contribution in [0.1, 0.15) is 25.7 Å². The number of hydrogen-bond acceptors (Lipinski definition) is 3. The summed E-state index contributed by atoms with van der Waals surface area (Å²) in [7, 11) is 0. The molecule has 1 aliphatic carbocycles. The summed E-state index contributed by atoms with van der Waals surface area (Å²) in [5, 5.41) is 4.56. The van der Waals surface area contributed by atoms with Gasteiger partial charge in [0.2, 0.25) is 0 Å². The zero-order chi connectivity index (χ0) is 11.2. The van der Waals surface area contributed by atoms with Gasteiger partial charge in [0.25, 0.3) is 0 Å². The molecule has 0 radical (unpaired) electrons. The highest BCUT2D eigenvalue weighted by molar-refractivity contribution is 7.99. The van der Waals surface area contributed by atoms with Crippen LogP contribution in [0.2, 0.25) is 0 Å². The van der Waals surface area contributed by atoms with Crippen LogP contribution in [0.15, 0.2) is 18.7 Å². The summed E-state index contributed by atoms with van der Waals surface area (Å²) in [4.78, 5) is 4.04. The van der Waals surface area contributed by atoms with Crippen LogP contribution in [-0.2, 0) is 6.54 Å². The Morgan fingerprint density at radius 3 is 3.12 bits per heavy atom. The maximum Gasteiger partial charge on any atom is 0.0945 e. The first-order chi connectivity index (χ1) is 7.88. The quantitative estimate of drug-likeness (QED) is 0.771. The van der Waals surface area contributed by atoms with Gasteiger partial charge >= 0.3 is 0 Å². The van der Waals surface area contributed by atoms with Gasteiger partial charge < -0.3 is 9.88 Å². The van der Waals surface area contributed by atoms with E-state index in [1.54, 1.807) is 0 Å². The van der Waals surface area contributed by atoms with E-state index < -0.39 is 0 Å². The molecule has 4 heteroatoms. The second-order valence-corrected chi connectivity index (χ2v) is 5.61. The third kappa shape index (κ3) is 3.52. The van der Waals surface area contributed by atoms with Gasteiger partial charge in [-0.25, -0.2) is 4.98 Å². The summed E-state index contributed by atoms with van der Waals surface area (Å²) < 4.78 is 2.14. The third-order valence-electron chi connectivity index (χ3n) is 3.30. The van der Waals surface area contributed by atoms with E-state index in [-0.39, 0.29) is 0 Å². The van der Waals surface area contributed by atoms with Crippen LogP contribution < -0.4 is 5.32 Å². The average Bonchev–Trinajstić information content (AvgIpc) is 2.95. The fourth-order valence-corrected chi connectivity index (χ4v) is 3.12. The molecule has 90 valence electrons. The van der Waals surface area contributed by atoms with Crippen LogP contribution in [0.25, 0.3) is 0 Å². The first-order valence-corrected chi connectivity index (χ1v) is 7.39. The van der Waals surface area contributed by atoms with Gasteiger partial charge in [0, 0.05) is 30.2 Å². The number of aryl methyl sites for hydroxylation is 1. The van der Waals surface area contributed by atoms with Gasteiger partial charge in [-0.3, -0.25) is 0 Å². The Morgan fingerprint density at radius 1 is 1.50 bits per heavy atom. The van der Waals surface area contributed by atoms with E-state index in [9.17, 15) is 0 Å². The van der Waals surface area contributed by atoms with Crippen LogP contribution in [0.3, 0.4) is 0 Å². The molecular formula is C12H21N3S. The first-order valence-electron chi connectivity index (χ1n) is 6.10. The number of aromatic nitrogens is 2. The summed E-state index contributed by atoms with van der Waals surface area (Å²) in [6.07, 6.45) is 13.3. The minimum Gasteiger partial charge on any atom is -0.337 e. The summed E-state index contributed by atoms with van der Waals surface area (Å²) in [6, 6.07) is 0.764. The van der Waals surface area contributed by atoms with Crippen molar-refractivity contribution in [3.8, 4) is 0 Å². The molecule has 0 saturated heterocycles. The molecule has 1 heterocycles. The van der Waals surface area contributed by atoms with Crippen molar-refractivity contribution in [2.24, 2.45) is 0 Å². The highest BCUT2D eigenvalue weighted by Crippen LogP contribution is 2.27. The van der Waals surface area contributed by atoms with E-state index in [0.717, 1.165) is 24.4 Å². The highest BCUT2D eigenvalue weighted by Gasteiger charge is 2.22. The molecule has 1 aromatic heterocycles. The second-order valence-electron chi connectivity index (χ2n) is 4.48. The van der Waals surface area contributed by atoms with Crippen molar-refractivity contribution >= 4 is 11.8 Å². The number of nitrogens with zero attached hydrogens (tertiary/aromatic N) is 2. The van der Waals surface area contributed by atoms with Crippen molar-refractivity contribution in [2.75, 3.05) is 12.8 Å². The Hall–Kier alpha value is -0.480. The summed E-state index contributed by atoms with van der Waals surface area (Å²) in [6.45, 7) is 2.20. The predicted molar refractivity (Wildman–Crippen MR) is 69.8 cm³/mol. The smallest absolute Gasteiger partial charge is 0.0945 e. The van der Waals surface area contributed by atoms with E-state index in [2.05, 4.69) is 21.1 Å². The molecule has 2 unspecified atom stereocenters. The van der Waals surface area contributed by atoms with Gasteiger partial charge in [-0.2, -0.15) is 11.8 Å². The Bertz CT molecular complexity index is 286. The van der Waals surface area contributed by atoms with Crippen molar-refractivity contribution in [3.63, 3.8) is 0 Å². The topological polar surface area (TPSA) is 29.9 Å². The van der Waals surface area contributed by atoms with Crippen LogP contribution in [-0.4, -0.2) is 33.6 Å². The number of thioether (sulfide) groups is 1. The van der Waals surface area contributed by atoms with Gasteiger partial charge in [0.15, 0.2) is 0 Å². The van der Waals surface area contributed by atoms with Crippen molar-refractivity contribution in [2.45, 2.75) is 43.5 Å². The lowest BCUT2D eigenvalue weighted by atomic mass is 10.2. The standard InChI is InChI=1S/C12H21N3S/c1-16-12-4-3-11(9-12)14-5-2-7-15-8-6-13-10-15/h6,8,10-12,14H,2-5,7,9H2,1H3. The number of rotatable bonds is 6. The minimum atomic E-state index is 0.764. The minimum absolute atomic E-state index is 0.764. The van der Waals surface area contributed by atoms with Crippen LogP contribution in [0.4, 0.5) is 0 Å². The molecule has 1 aliphatic rings. The first kappa shape index (κ1) is 12.0. The molecule has 0 amide bonds. The lowest BCUT2D eigenvalue weighted by molar-refractivity contribution is 0.496. The van der Waals surface area contributed by atoms with E-state index >= 15 is 0 Å². The lowest BCUT2D eigenvalue weighted by Gasteiger charge is -2.12. The summed E-state index contributed by atoms with van der Waals surface area (Å²) in [5.41, 5.74) is 0. The molecule has 0 aromatic carbocycles. The fourth-order valence-electron chi connectivity index (χ4n) is 2.33. The van der Waals surface area contributed by atoms with E-state index in [1.165, 1.54) is 25.7 Å². The molecule has 2 rings (SSSR count). The molecule has 0 spiro atoms. The fraction of sp³-hybridized carbons (Fsp3) is 0.750. The molecule has 1 fully saturated rings. The number of imidazole rings is 1. The largest absolute Gasteiger partial charge is 0.337 e. The van der Waals surface area contributed by atoms with E-state index in [1.807, 2.05) is 30.5 Å². The van der Waals surface area contributed by atoms with Gasteiger partial charge in [-0.1, -0.05) is 0 Å². The molecule has 1 aromatic rings. The zero-order valence-corrected chi connectivity index (χ0v) is 10.7. The summed E-state index contributed by atoms with van der Waals surface area (Å²) >= 11 is 2.02. The van der Waals surface area contributed by atoms with Crippen molar-refractivity contribution < 1.29 is 0 Å². The normalized spacial score (nSPS) is 25.1. The molecule has 1 N–H and O–H groups in total. The summed E-state index contributed by atoms with van der Waals surface area (Å²) in [5.74, 6) is 0. The van der Waals surface area contributed by atoms with Gasteiger partial charge in [-0.15, -0.1) is 0 Å². The van der Waals surface area contributed by atoms with Gasteiger partial charge in [-0.05, 0) is 38.5 Å². The maximum absolute atomic E-state index is 4.04. The monoisotopic (exact) mass is 239 g/mol. The van der Waals surface area contributed by atoms with Crippen LogP contribution in [0, 0.1) is 0 Å². The third-order valence-corrected chi connectivity index (χ3v) is 4.40. The maximum atomic E-state index is 4.04. The predicted octanol–water partition coefficient (Wildman–Crippen LogP) is 2.15. The molecule has 16 heavy (non-hydrogen) atoms. The molecule has 0 bridgehead atoms. The Labute approximate surface area is 102 Å². The average molecular weight is 239 g/mol. The number of hydrogen-bond donors (Lipinski definition) is 1. The molecular weight excluding hydrogens is 218 g/mol. The highest BCUT2D eigenvalue weighted by atomic mass is 32.2. The van der Waals surface area contributed by atoms with Gasteiger partial charge in [0.05, 0.1) is 6.33 Å². The molecule has 3 nitrogen and oxygen atoms in total. The second kappa shape index (κ2) is 6.30.